The van der Waals surface area contributed by atoms with Crippen LogP contribution in [0.25, 0.3) is 66.4 Å². The lowest BCUT2D eigenvalue weighted by Gasteiger charge is -2.26. The third-order valence-corrected chi connectivity index (χ3v) is 9.09. The Morgan fingerprint density at radius 1 is 0.396 bits per heavy atom. The van der Waals surface area contributed by atoms with E-state index in [1.165, 1.54) is 21.9 Å². The van der Waals surface area contributed by atoms with Gasteiger partial charge in [0.15, 0.2) is 5.58 Å². The van der Waals surface area contributed by atoms with Gasteiger partial charge in [0.1, 0.15) is 5.52 Å². The molecule has 1 heterocycles. The Labute approximate surface area is 279 Å². The molecule has 9 rings (SSSR count). The molecule has 0 aliphatic carbocycles. The zero-order valence-electron chi connectivity index (χ0n) is 26.1. The van der Waals surface area contributed by atoms with Crippen LogP contribution in [0.2, 0.25) is 0 Å². The number of anilines is 3. The molecule has 9 aromatic rings. The summed E-state index contributed by atoms with van der Waals surface area (Å²) >= 11 is 0. The first-order valence-corrected chi connectivity index (χ1v) is 16.2. The van der Waals surface area contributed by atoms with Crippen LogP contribution < -0.4 is 4.90 Å². The lowest BCUT2D eigenvalue weighted by molar-refractivity contribution is 0.623. The fourth-order valence-corrected chi connectivity index (χ4v) is 6.68. The van der Waals surface area contributed by atoms with Gasteiger partial charge in [-0.15, -0.1) is 0 Å². The Morgan fingerprint density at radius 2 is 0.979 bits per heavy atom. The van der Waals surface area contributed by atoms with Gasteiger partial charge in [-0.1, -0.05) is 121 Å². The van der Waals surface area contributed by atoms with Crippen LogP contribution in [-0.4, -0.2) is 4.98 Å². The summed E-state index contributed by atoms with van der Waals surface area (Å²) in [6.07, 6.45) is 0. The molecule has 8 aromatic carbocycles. The second-order valence-corrected chi connectivity index (χ2v) is 12.0. The first-order chi connectivity index (χ1) is 23.8. The smallest absolute Gasteiger partial charge is 0.227 e. The van der Waals surface area contributed by atoms with Gasteiger partial charge in [0, 0.05) is 28.0 Å². The van der Waals surface area contributed by atoms with E-state index in [-0.39, 0.29) is 0 Å². The monoisotopic (exact) mass is 614 g/mol. The van der Waals surface area contributed by atoms with Crippen LogP contribution >= 0.6 is 0 Å². The van der Waals surface area contributed by atoms with Crippen molar-refractivity contribution in [2.45, 2.75) is 0 Å². The normalized spacial score (nSPS) is 11.3. The first kappa shape index (κ1) is 27.8. The fraction of sp³-hybridized carbons (Fsp3) is 0. The summed E-state index contributed by atoms with van der Waals surface area (Å²) in [5.74, 6) is 0.638. The minimum atomic E-state index is 0.638. The van der Waals surface area contributed by atoms with E-state index in [1.54, 1.807) is 0 Å². The summed E-state index contributed by atoms with van der Waals surface area (Å²) in [5, 5.41) is 4.69. The number of oxazole rings is 1. The maximum atomic E-state index is 6.35. The molecule has 0 N–H and O–H groups in total. The second-order valence-electron chi connectivity index (χ2n) is 12.0. The highest BCUT2D eigenvalue weighted by Crippen LogP contribution is 2.38. The number of hydrogen-bond donors (Lipinski definition) is 0. The van der Waals surface area contributed by atoms with Crippen LogP contribution in [-0.2, 0) is 0 Å². The van der Waals surface area contributed by atoms with Crippen LogP contribution in [0.4, 0.5) is 17.1 Å². The van der Waals surface area contributed by atoms with Gasteiger partial charge in [-0.25, -0.2) is 4.98 Å². The highest BCUT2D eigenvalue weighted by atomic mass is 16.3. The minimum absolute atomic E-state index is 0.638. The van der Waals surface area contributed by atoms with Crippen LogP contribution in [0.1, 0.15) is 0 Å². The Hall–Kier alpha value is -6.45. The van der Waals surface area contributed by atoms with Gasteiger partial charge in [-0.3, -0.25) is 0 Å². The van der Waals surface area contributed by atoms with E-state index >= 15 is 0 Å². The average Bonchev–Trinajstić information content (AvgIpc) is 3.61. The number of aromatic nitrogens is 1. The number of para-hydroxylation sites is 1. The highest BCUT2D eigenvalue weighted by molar-refractivity contribution is 6.05. The molecule has 48 heavy (non-hydrogen) atoms. The maximum Gasteiger partial charge on any atom is 0.227 e. The number of hydrogen-bond acceptors (Lipinski definition) is 3. The second kappa shape index (κ2) is 11.7. The quantitative estimate of drug-likeness (QED) is 0.187. The van der Waals surface area contributed by atoms with E-state index in [2.05, 4.69) is 150 Å². The predicted octanol–water partition coefficient (Wildman–Crippen LogP) is 12.6. The molecule has 0 aliphatic heterocycles. The van der Waals surface area contributed by atoms with E-state index in [1.807, 2.05) is 36.4 Å². The van der Waals surface area contributed by atoms with Gasteiger partial charge in [0.05, 0.1) is 0 Å². The molecule has 0 radical (unpaired) electrons. The summed E-state index contributed by atoms with van der Waals surface area (Å²) < 4.78 is 6.35. The fourth-order valence-electron chi connectivity index (χ4n) is 6.68. The van der Waals surface area contributed by atoms with Crippen LogP contribution in [0.5, 0.6) is 0 Å². The largest absolute Gasteiger partial charge is 0.435 e. The molecule has 3 heteroatoms. The van der Waals surface area contributed by atoms with E-state index in [9.17, 15) is 0 Å². The number of nitrogens with zero attached hydrogens (tertiary/aromatic N) is 2. The Bertz CT molecular complexity index is 2530. The lowest BCUT2D eigenvalue weighted by atomic mass is 9.98. The Kier molecular flexibility index (Phi) is 6.80. The van der Waals surface area contributed by atoms with E-state index < -0.39 is 0 Å². The van der Waals surface area contributed by atoms with Crippen molar-refractivity contribution < 1.29 is 4.42 Å². The van der Waals surface area contributed by atoms with E-state index in [4.69, 9.17) is 9.40 Å². The predicted molar refractivity (Wildman–Crippen MR) is 200 cm³/mol. The number of benzene rings is 8. The molecular weight excluding hydrogens is 585 g/mol. The van der Waals surface area contributed by atoms with Crippen molar-refractivity contribution in [3.8, 4) is 33.7 Å². The van der Waals surface area contributed by atoms with Gasteiger partial charge >= 0.3 is 0 Å². The number of rotatable bonds is 6. The zero-order valence-corrected chi connectivity index (χ0v) is 26.1. The molecule has 0 unspecified atom stereocenters. The molecule has 226 valence electrons. The van der Waals surface area contributed by atoms with Crippen molar-refractivity contribution >= 4 is 49.7 Å². The molecule has 0 atom stereocenters. The van der Waals surface area contributed by atoms with Crippen LogP contribution in [0, 0.1) is 0 Å². The zero-order chi connectivity index (χ0) is 31.9. The third kappa shape index (κ3) is 4.99. The number of fused-ring (bicyclic) bond motifs is 4. The Morgan fingerprint density at radius 3 is 1.75 bits per heavy atom. The van der Waals surface area contributed by atoms with Crippen molar-refractivity contribution in [2.24, 2.45) is 0 Å². The van der Waals surface area contributed by atoms with Crippen molar-refractivity contribution in [3.05, 3.63) is 182 Å². The lowest BCUT2D eigenvalue weighted by Crippen LogP contribution is -2.09. The standard InChI is InChI=1S/C45H30N2O/c1-3-11-35(12-4-1)45-46-43-29-24-34-18-19-36(30-42(34)44(43)48-45)31-20-25-38(26-21-31)47(37-14-5-2-6-15-37)39-27-22-33(23-28-39)41-17-9-13-32-10-7-8-16-40(32)41/h1-30H. The molecule has 0 aliphatic rings. The summed E-state index contributed by atoms with van der Waals surface area (Å²) in [6.45, 7) is 0. The van der Waals surface area contributed by atoms with Gasteiger partial charge in [0.2, 0.25) is 5.89 Å². The molecule has 0 bridgehead atoms. The van der Waals surface area contributed by atoms with Crippen LogP contribution in [0.3, 0.4) is 0 Å². The topological polar surface area (TPSA) is 29.3 Å². The van der Waals surface area contributed by atoms with Crippen molar-refractivity contribution in [2.75, 3.05) is 4.90 Å². The van der Waals surface area contributed by atoms with Crippen molar-refractivity contribution in [1.82, 2.24) is 4.98 Å². The highest BCUT2D eigenvalue weighted by Gasteiger charge is 2.15. The van der Waals surface area contributed by atoms with Crippen LogP contribution in [0.15, 0.2) is 186 Å². The Balaban J connectivity index is 1.07. The first-order valence-electron chi connectivity index (χ1n) is 16.2. The summed E-state index contributed by atoms with van der Waals surface area (Å²) in [6, 6.07) is 64.1. The van der Waals surface area contributed by atoms with E-state index in [0.29, 0.717) is 5.89 Å². The SMILES string of the molecule is c1ccc(-c2nc3ccc4ccc(-c5ccc(N(c6ccccc6)c6ccc(-c7cccc8ccccc78)cc6)cc5)cc4c3o2)cc1. The summed E-state index contributed by atoms with van der Waals surface area (Å²) in [5.41, 5.74) is 10.7. The molecule has 0 fully saturated rings. The van der Waals surface area contributed by atoms with Gasteiger partial charge < -0.3 is 9.32 Å². The third-order valence-electron chi connectivity index (χ3n) is 9.09. The summed E-state index contributed by atoms with van der Waals surface area (Å²) in [7, 11) is 0. The molecule has 3 nitrogen and oxygen atoms in total. The minimum Gasteiger partial charge on any atom is -0.435 e. The molecular formula is C45H30N2O. The van der Waals surface area contributed by atoms with E-state index in [0.717, 1.165) is 55.6 Å². The van der Waals surface area contributed by atoms with Crippen molar-refractivity contribution in [3.63, 3.8) is 0 Å². The summed E-state index contributed by atoms with van der Waals surface area (Å²) in [4.78, 5) is 7.09. The van der Waals surface area contributed by atoms with Gasteiger partial charge in [0.25, 0.3) is 0 Å². The molecule has 0 saturated carbocycles. The average molecular weight is 615 g/mol. The molecule has 1 aromatic heterocycles. The molecule has 0 spiro atoms. The van der Waals surface area contributed by atoms with Gasteiger partial charge in [-0.05, 0) is 99.1 Å². The maximum absolute atomic E-state index is 6.35. The van der Waals surface area contributed by atoms with Gasteiger partial charge in [-0.2, -0.15) is 0 Å². The molecule has 0 amide bonds. The van der Waals surface area contributed by atoms with Crippen molar-refractivity contribution in [1.29, 1.82) is 0 Å². The molecule has 0 saturated heterocycles.